The van der Waals surface area contributed by atoms with Crippen LogP contribution >= 0.6 is 0 Å². The molecule has 0 N–H and O–H groups in total. The zero-order chi connectivity index (χ0) is 15.2. The molecule has 1 aliphatic carbocycles. The molecule has 0 bridgehead atoms. The van der Waals surface area contributed by atoms with Crippen molar-refractivity contribution in [2.75, 3.05) is 0 Å². The Morgan fingerprint density at radius 2 is 1.48 bits per heavy atom. The molecule has 122 valence electrons. The van der Waals surface area contributed by atoms with Gasteiger partial charge >= 0.3 is 0 Å². The Morgan fingerprint density at radius 3 is 2.19 bits per heavy atom. The van der Waals surface area contributed by atoms with Crippen LogP contribution in [0, 0.1) is 5.92 Å². The number of hydrogen-bond acceptors (Lipinski definition) is 1. The molecular formula is C18H35N3. The van der Waals surface area contributed by atoms with Gasteiger partial charge in [-0.05, 0) is 17.9 Å². The summed E-state index contributed by atoms with van der Waals surface area (Å²) in [6.07, 6.45) is 19.9. The lowest BCUT2D eigenvalue weighted by Gasteiger charge is -2.22. The quantitative estimate of drug-likeness (QED) is 0.187. The van der Waals surface area contributed by atoms with Crippen molar-refractivity contribution in [2.45, 2.75) is 109 Å². The lowest BCUT2D eigenvalue weighted by molar-refractivity contribution is 0.335. The molecule has 3 heteroatoms. The molecule has 0 saturated heterocycles. The van der Waals surface area contributed by atoms with Crippen LogP contribution in [-0.4, -0.2) is 6.04 Å². The highest BCUT2D eigenvalue weighted by atomic mass is 15.1. The number of hydrogen-bond donors (Lipinski definition) is 0. The van der Waals surface area contributed by atoms with Crippen molar-refractivity contribution in [3.8, 4) is 0 Å². The Bertz CT molecular complexity index is 284. The summed E-state index contributed by atoms with van der Waals surface area (Å²) in [5.74, 6) is 0.648. The van der Waals surface area contributed by atoms with Gasteiger partial charge in [0.05, 0.1) is 0 Å². The van der Waals surface area contributed by atoms with Crippen LogP contribution in [0.25, 0.3) is 10.4 Å². The van der Waals surface area contributed by atoms with Crippen LogP contribution in [0.2, 0.25) is 0 Å². The minimum atomic E-state index is 0.271. The smallest absolute Gasteiger partial charge is 0.0402 e. The fraction of sp³-hybridized carbons (Fsp3) is 1.00. The maximum atomic E-state index is 8.82. The molecule has 0 aromatic heterocycles. The van der Waals surface area contributed by atoms with Gasteiger partial charge in [0.2, 0.25) is 0 Å². The van der Waals surface area contributed by atoms with Gasteiger partial charge in [0.1, 0.15) is 0 Å². The lowest BCUT2D eigenvalue weighted by atomic mass is 9.87. The molecule has 1 fully saturated rings. The van der Waals surface area contributed by atoms with Crippen molar-refractivity contribution in [1.29, 1.82) is 0 Å². The Labute approximate surface area is 131 Å². The number of nitrogens with zero attached hydrogens (tertiary/aromatic N) is 3. The van der Waals surface area contributed by atoms with E-state index in [0.29, 0.717) is 5.92 Å². The molecule has 2 unspecified atom stereocenters. The highest BCUT2D eigenvalue weighted by Gasteiger charge is 2.20. The molecular weight excluding hydrogens is 258 g/mol. The van der Waals surface area contributed by atoms with E-state index in [0.717, 1.165) is 6.42 Å². The maximum Gasteiger partial charge on any atom is 0.0402 e. The third kappa shape index (κ3) is 9.03. The molecule has 0 aliphatic heterocycles. The first-order chi connectivity index (χ1) is 10.4. The zero-order valence-corrected chi connectivity index (χ0v) is 14.1. The van der Waals surface area contributed by atoms with Crippen molar-refractivity contribution < 1.29 is 0 Å². The van der Waals surface area contributed by atoms with Gasteiger partial charge < -0.3 is 0 Å². The summed E-state index contributed by atoms with van der Waals surface area (Å²) in [6, 6.07) is 0.271. The summed E-state index contributed by atoms with van der Waals surface area (Å²) in [7, 11) is 0. The van der Waals surface area contributed by atoms with Crippen molar-refractivity contribution >= 4 is 0 Å². The molecule has 0 amide bonds. The second-order valence-corrected chi connectivity index (χ2v) is 6.79. The van der Waals surface area contributed by atoms with Crippen LogP contribution in [0.1, 0.15) is 103 Å². The normalized spacial score (nSPS) is 23.7. The van der Waals surface area contributed by atoms with Crippen LogP contribution in [0.4, 0.5) is 0 Å². The van der Waals surface area contributed by atoms with E-state index in [9.17, 15) is 0 Å². The van der Waals surface area contributed by atoms with Gasteiger partial charge in [-0.1, -0.05) is 102 Å². The average molecular weight is 293 g/mol. The van der Waals surface area contributed by atoms with Crippen LogP contribution in [0.5, 0.6) is 0 Å². The fourth-order valence-electron chi connectivity index (χ4n) is 3.64. The topological polar surface area (TPSA) is 48.8 Å². The number of rotatable bonds is 9. The number of unbranched alkanes of at least 4 members (excludes halogenated alkanes) is 6. The Morgan fingerprint density at radius 1 is 0.857 bits per heavy atom. The van der Waals surface area contributed by atoms with E-state index in [2.05, 4.69) is 16.9 Å². The summed E-state index contributed by atoms with van der Waals surface area (Å²) in [5.41, 5.74) is 8.82. The van der Waals surface area contributed by atoms with E-state index in [4.69, 9.17) is 5.53 Å². The zero-order valence-electron chi connectivity index (χ0n) is 14.1. The standard InChI is InChI=1S/C18H35N3/c1-2-3-4-5-6-8-11-14-17-15-12-9-7-10-13-16-18(17)20-21-19/h17-18H,2-16H2,1H3. The fourth-order valence-corrected chi connectivity index (χ4v) is 3.64. The Kier molecular flexibility index (Phi) is 11.4. The SMILES string of the molecule is CCCCCCCCCC1CCCCCCCC1N=[N+]=[N-]. The predicted octanol–water partition coefficient (Wildman–Crippen LogP) is 7.17. The molecule has 0 heterocycles. The van der Waals surface area contributed by atoms with Gasteiger partial charge in [0, 0.05) is 11.0 Å². The molecule has 1 aliphatic rings. The predicted molar refractivity (Wildman–Crippen MR) is 91.4 cm³/mol. The van der Waals surface area contributed by atoms with E-state index < -0.39 is 0 Å². The van der Waals surface area contributed by atoms with Crippen molar-refractivity contribution in [3.63, 3.8) is 0 Å². The van der Waals surface area contributed by atoms with E-state index in [1.807, 2.05) is 0 Å². The molecule has 21 heavy (non-hydrogen) atoms. The second kappa shape index (κ2) is 13.0. The van der Waals surface area contributed by atoms with Crippen LogP contribution in [-0.2, 0) is 0 Å². The third-order valence-electron chi connectivity index (χ3n) is 5.00. The van der Waals surface area contributed by atoms with Gasteiger partial charge in [-0.15, -0.1) is 0 Å². The maximum absolute atomic E-state index is 8.82. The van der Waals surface area contributed by atoms with Gasteiger partial charge in [-0.2, -0.15) is 0 Å². The van der Waals surface area contributed by atoms with E-state index >= 15 is 0 Å². The first kappa shape index (κ1) is 18.4. The molecule has 0 aromatic carbocycles. The summed E-state index contributed by atoms with van der Waals surface area (Å²) in [5, 5.41) is 4.13. The van der Waals surface area contributed by atoms with Gasteiger partial charge in [0.25, 0.3) is 0 Å². The minimum absolute atomic E-state index is 0.271. The van der Waals surface area contributed by atoms with E-state index in [1.165, 1.54) is 89.9 Å². The van der Waals surface area contributed by atoms with Gasteiger partial charge in [-0.25, -0.2) is 0 Å². The Hall–Kier alpha value is -0.690. The Balaban J connectivity index is 2.27. The molecule has 0 aromatic rings. The molecule has 3 nitrogen and oxygen atoms in total. The molecule has 2 atom stereocenters. The van der Waals surface area contributed by atoms with E-state index in [-0.39, 0.29) is 6.04 Å². The number of azide groups is 1. The molecule has 0 spiro atoms. The van der Waals surface area contributed by atoms with Gasteiger partial charge in [-0.3, -0.25) is 0 Å². The molecule has 0 radical (unpaired) electrons. The first-order valence-electron chi connectivity index (χ1n) is 9.42. The first-order valence-corrected chi connectivity index (χ1v) is 9.42. The summed E-state index contributed by atoms with van der Waals surface area (Å²) < 4.78 is 0. The third-order valence-corrected chi connectivity index (χ3v) is 5.00. The largest absolute Gasteiger partial charge is 0.0903 e. The van der Waals surface area contributed by atoms with Crippen molar-refractivity contribution in [2.24, 2.45) is 11.0 Å². The van der Waals surface area contributed by atoms with E-state index in [1.54, 1.807) is 0 Å². The highest BCUT2D eigenvalue weighted by Crippen LogP contribution is 2.29. The monoisotopic (exact) mass is 293 g/mol. The summed E-state index contributed by atoms with van der Waals surface area (Å²) >= 11 is 0. The minimum Gasteiger partial charge on any atom is -0.0903 e. The highest BCUT2D eigenvalue weighted by molar-refractivity contribution is 4.78. The lowest BCUT2D eigenvalue weighted by Crippen LogP contribution is -2.18. The average Bonchev–Trinajstić information content (AvgIpc) is 2.60. The van der Waals surface area contributed by atoms with Crippen molar-refractivity contribution in [3.05, 3.63) is 10.4 Å². The molecule has 1 rings (SSSR count). The summed E-state index contributed by atoms with van der Waals surface area (Å²) in [6.45, 7) is 2.27. The van der Waals surface area contributed by atoms with Crippen LogP contribution < -0.4 is 0 Å². The second-order valence-electron chi connectivity index (χ2n) is 6.79. The van der Waals surface area contributed by atoms with Crippen LogP contribution in [0.15, 0.2) is 5.11 Å². The van der Waals surface area contributed by atoms with Crippen LogP contribution in [0.3, 0.4) is 0 Å². The summed E-state index contributed by atoms with van der Waals surface area (Å²) in [4.78, 5) is 3.12. The molecule has 1 saturated carbocycles. The van der Waals surface area contributed by atoms with Gasteiger partial charge in [0.15, 0.2) is 0 Å². The van der Waals surface area contributed by atoms with Crippen molar-refractivity contribution in [1.82, 2.24) is 0 Å².